The van der Waals surface area contributed by atoms with Gasteiger partial charge in [0.1, 0.15) is 17.2 Å². The number of rotatable bonds is 0. The molecule has 0 amide bonds. The van der Waals surface area contributed by atoms with Crippen LogP contribution in [0.4, 0.5) is 0 Å². The Hall–Kier alpha value is -3.73. The Morgan fingerprint density at radius 2 is 0.857 bits per heavy atom. The number of hydrogen-bond donors (Lipinski definition) is 4. The van der Waals surface area contributed by atoms with E-state index in [2.05, 4.69) is 131 Å². The second kappa shape index (κ2) is 12.5. The fraction of sp³-hybridized carbons (Fsp3) is 0.523. The molecule has 2 aliphatic rings. The van der Waals surface area contributed by atoms with Crippen molar-refractivity contribution in [3.8, 4) is 17.2 Å². The molecule has 5 nitrogen and oxygen atoms in total. The first kappa shape index (κ1) is 36.5. The van der Waals surface area contributed by atoms with Gasteiger partial charge in [-0.25, -0.2) is 0 Å². The molecule has 5 N–H and O–H groups in total. The SMILES string of the molecule is CC(C)(C)C1=CC2Cc3cc(C(C)(C)C)cc(c3O)Cc3cc(C(C)(C)C)cc(c3O)Cc3cc(C(C)(C)C)cc(c3O)CC(C1)/C2=N\N. The van der Waals surface area contributed by atoms with E-state index in [-0.39, 0.29) is 50.7 Å². The van der Waals surface area contributed by atoms with E-state index < -0.39 is 0 Å². The predicted molar refractivity (Wildman–Crippen MR) is 204 cm³/mol. The van der Waals surface area contributed by atoms with Crippen LogP contribution in [0.1, 0.15) is 140 Å². The molecule has 49 heavy (non-hydrogen) atoms. The van der Waals surface area contributed by atoms with Crippen molar-refractivity contribution >= 4 is 5.71 Å². The van der Waals surface area contributed by atoms with Gasteiger partial charge >= 0.3 is 0 Å². The van der Waals surface area contributed by atoms with Crippen LogP contribution in [0.3, 0.4) is 0 Å². The minimum absolute atomic E-state index is 0.0206. The van der Waals surface area contributed by atoms with Crippen LogP contribution >= 0.6 is 0 Å². The fourth-order valence-corrected chi connectivity index (χ4v) is 7.51. The molecular formula is C44H60N2O3. The largest absolute Gasteiger partial charge is 0.507 e. The fourth-order valence-electron chi connectivity index (χ4n) is 7.51. The van der Waals surface area contributed by atoms with Gasteiger partial charge in [-0.2, -0.15) is 5.10 Å². The van der Waals surface area contributed by atoms with Crippen molar-refractivity contribution < 1.29 is 15.3 Å². The van der Waals surface area contributed by atoms with E-state index in [9.17, 15) is 15.3 Å². The molecule has 0 radical (unpaired) electrons. The molecule has 0 aliphatic heterocycles. The molecule has 0 heterocycles. The molecule has 5 rings (SSSR count). The highest BCUT2D eigenvalue weighted by atomic mass is 16.3. The molecule has 2 atom stereocenters. The molecule has 0 fully saturated rings. The average Bonchev–Trinajstić information content (AvgIpc) is 2.96. The van der Waals surface area contributed by atoms with Gasteiger partial charge in [-0.3, -0.25) is 0 Å². The van der Waals surface area contributed by atoms with E-state index in [0.29, 0.717) is 25.7 Å². The summed E-state index contributed by atoms with van der Waals surface area (Å²) in [5.74, 6) is 6.90. The van der Waals surface area contributed by atoms with Crippen molar-refractivity contribution in [2.75, 3.05) is 0 Å². The van der Waals surface area contributed by atoms with E-state index in [1.54, 1.807) is 0 Å². The molecule has 0 saturated heterocycles. The van der Waals surface area contributed by atoms with Gasteiger partial charge in [-0.05, 0) is 91.0 Å². The van der Waals surface area contributed by atoms with Gasteiger partial charge in [0.25, 0.3) is 0 Å². The summed E-state index contributed by atoms with van der Waals surface area (Å²) in [4.78, 5) is 0. The molecule has 3 aromatic carbocycles. The van der Waals surface area contributed by atoms with Crippen molar-refractivity contribution in [3.63, 3.8) is 0 Å². The lowest BCUT2D eigenvalue weighted by Gasteiger charge is -2.36. The molecule has 264 valence electrons. The third-order valence-corrected chi connectivity index (χ3v) is 10.8. The molecule has 0 saturated carbocycles. The number of benzene rings is 3. The summed E-state index contributed by atoms with van der Waals surface area (Å²) < 4.78 is 0. The molecule has 0 spiro atoms. The Kier molecular flexibility index (Phi) is 9.36. The van der Waals surface area contributed by atoms with Crippen LogP contribution in [-0.2, 0) is 41.9 Å². The van der Waals surface area contributed by atoms with E-state index in [4.69, 9.17) is 5.84 Å². The summed E-state index contributed by atoms with van der Waals surface area (Å²) in [6.45, 7) is 26.5. The summed E-state index contributed by atoms with van der Waals surface area (Å²) in [7, 11) is 0. The summed E-state index contributed by atoms with van der Waals surface area (Å²) >= 11 is 0. The number of nitrogens with two attached hydrogens (primary N) is 1. The zero-order valence-corrected chi connectivity index (χ0v) is 32.1. The van der Waals surface area contributed by atoms with Crippen LogP contribution in [0.15, 0.2) is 53.1 Å². The van der Waals surface area contributed by atoms with Crippen molar-refractivity contribution in [2.24, 2.45) is 28.2 Å². The topological polar surface area (TPSA) is 99.1 Å². The van der Waals surface area contributed by atoms with Crippen molar-refractivity contribution in [2.45, 2.75) is 131 Å². The van der Waals surface area contributed by atoms with Crippen molar-refractivity contribution in [1.82, 2.24) is 0 Å². The lowest BCUT2D eigenvalue weighted by Crippen LogP contribution is -2.34. The van der Waals surface area contributed by atoms with Crippen LogP contribution in [0.5, 0.6) is 17.2 Å². The molecule has 2 aliphatic carbocycles. The highest BCUT2D eigenvalue weighted by Gasteiger charge is 2.36. The monoisotopic (exact) mass is 664 g/mol. The molecule has 3 aromatic rings. The summed E-state index contributed by atoms with van der Waals surface area (Å²) in [6, 6.07) is 12.7. The number of hydrazone groups is 1. The standard InChI is InChI=1S/C44H60N2O3/c1-41(2,3)33-17-25-13-27-19-34(42(4,5)6)21-29(38(27)47)15-31-23-36(44(10,11)12)24-32(40(31)49)16-30-22-35(43(7,8)9)20-28(39(30)48)14-26(18-33)37(25)46-45/h17,19-26,47-49H,13-16,18,45H2,1-12H3/b46-37-. The molecule has 5 heteroatoms. The quantitative estimate of drug-likeness (QED) is 0.109. The van der Waals surface area contributed by atoms with Gasteiger partial charge < -0.3 is 21.2 Å². The molecule has 0 aromatic heterocycles. The van der Waals surface area contributed by atoms with Gasteiger partial charge in [0, 0.05) is 30.4 Å². The number of phenolic OH excluding ortho intramolecular Hbond substituents is 3. The number of allylic oxidation sites excluding steroid dienone is 2. The lowest BCUT2D eigenvalue weighted by molar-refractivity contribution is 0.429. The van der Waals surface area contributed by atoms with E-state index in [1.165, 1.54) is 5.57 Å². The van der Waals surface area contributed by atoms with E-state index in [1.807, 2.05) is 0 Å². The number of phenols is 3. The summed E-state index contributed by atoms with van der Waals surface area (Å²) in [5.41, 5.74) is 9.94. The average molecular weight is 665 g/mol. The van der Waals surface area contributed by atoms with Crippen molar-refractivity contribution in [3.05, 3.63) is 98.1 Å². The zero-order valence-electron chi connectivity index (χ0n) is 32.1. The number of aromatic hydroxyl groups is 3. The summed E-state index contributed by atoms with van der Waals surface area (Å²) in [5, 5.41) is 40.5. The third-order valence-electron chi connectivity index (χ3n) is 10.8. The smallest absolute Gasteiger partial charge is 0.122 e. The minimum Gasteiger partial charge on any atom is -0.507 e. The Morgan fingerprint density at radius 1 is 0.510 bits per heavy atom. The normalized spacial score (nSPS) is 19.9. The van der Waals surface area contributed by atoms with Crippen LogP contribution < -0.4 is 5.84 Å². The Labute approximate surface area is 295 Å². The number of hydrogen-bond acceptors (Lipinski definition) is 5. The second-order valence-corrected chi connectivity index (χ2v) is 18.9. The summed E-state index contributed by atoms with van der Waals surface area (Å²) in [6.07, 6.45) is 5.01. The molecule has 2 unspecified atom stereocenters. The Bertz CT molecular complexity index is 1820. The van der Waals surface area contributed by atoms with Gasteiger partial charge in [-0.1, -0.05) is 131 Å². The maximum Gasteiger partial charge on any atom is 0.122 e. The number of fused-ring (bicyclic) bond motifs is 8. The first-order valence-corrected chi connectivity index (χ1v) is 18.0. The Balaban J connectivity index is 1.86. The van der Waals surface area contributed by atoms with Crippen LogP contribution in [0.25, 0.3) is 0 Å². The second-order valence-electron chi connectivity index (χ2n) is 18.9. The van der Waals surface area contributed by atoms with Crippen LogP contribution in [-0.4, -0.2) is 21.0 Å². The molecule has 8 bridgehead atoms. The Morgan fingerprint density at radius 3 is 1.20 bits per heavy atom. The first-order valence-electron chi connectivity index (χ1n) is 18.0. The molecular weight excluding hydrogens is 604 g/mol. The van der Waals surface area contributed by atoms with E-state index in [0.717, 1.165) is 62.2 Å². The third kappa shape index (κ3) is 7.56. The number of nitrogens with zero attached hydrogens (tertiary/aromatic N) is 1. The van der Waals surface area contributed by atoms with Gasteiger partial charge in [0.05, 0.1) is 0 Å². The van der Waals surface area contributed by atoms with Crippen molar-refractivity contribution in [1.29, 1.82) is 0 Å². The van der Waals surface area contributed by atoms with Crippen LogP contribution in [0, 0.1) is 17.3 Å². The maximum atomic E-state index is 12.0. The highest BCUT2D eigenvalue weighted by Crippen LogP contribution is 2.44. The minimum atomic E-state index is -0.175. The zero-order chi connectivity index (χ0) is 36.4. The highest BCUT2D eigenvalue weighted by molar-refractivity contribution is 5.92. The van der Waals surface area contributed by atoms with E-state index >= 15 is 0 Å². The predicted octanol–water partition coefficient (Wildman–Crippen LogP) is 9.90. The first-order chi connectivity index (χ1) is 22.5. The maximum absolute atomic E-state index is 12.0. The van der Waals surface area contributed by atoms with Crippen LogP contribution in [0.2, 0.25) is 0 Å². The van der Waals surface area contributed by atoms with Gasteiger partial charge in [0.2, 0.25) is 0 Å². The lowest BCUT2D eigenvalue weighted by atomic mass is 9.69. The van der Waals surface area contributed by atoms with Gasteiger partial charge in [-0.15, -0.1) is 0 Å². The van der Waals surface area contributed by atoms with Gasteiger partial charge in [0.15, 0.2) is 0 Å².